The van der Waals surface area contributed by atoms with E-state index in [9.17, 15) is 4.39 Å². The number of amidine groups is 2. The minimum atomic E-state index is -0.217. The second-order valence-corrected chi connectivity index (χ2v) is 7.57. The van der Waals surface area contributed by atoms with E-state index < -0.39 is 0 Å². The van der Waals surface area contributed by atoms with Crippen molar-refractivity contribution in [2.45, 2.75) is 13.3 Å². The van der Waals surface area contributed by atoms with Crippen molar-refractivity contribution in [1.82, 2.24) is 5.32 Å². The first-order valence-electron chi connectivity index (χ1n) is 8.21. The second kappa shape index (κ2) is 9.26. The van der Waals surface area contributed by atoms with Gasteiger partial charge in [0, 0.05) is 24.1 Å². The van der Waals surface area contributed by atoms with Crippen molar-refractivity contribution in [2.75, 3.05) is 11.9 Å². The molecule has 140 valence electrons. The number of anilines is 1. The van der Waals surface area contributed by atoms with E-state index in [1.807, 2.05) is 13.0 Å². The van der Waals surface area contributed by atoms with Gasteiger partial charge in [-0.1, -0.05) is 35.3 Å². The molecule has 3 rings (SSSR count). The molecule has 8 heteroatoms. The van der Waals surface area contributed by atoms with Crippen LogP contribution in [0.5, 0.6) is 0 Å². The number of thioether (sulfide) groups is 1. The van der Waals surface area contributed by atoms with Gasteiger partial charge >= 0.3 is 0 Å². The second-order valence-electron chi connectivity index (χ2n) is 5.80. The summed E-state index contributed by atoms with van der Waals surface area (Å²) in [5.74, 6) is -0.217. The topological polar surface area (TPSA) is 48.8 Å². The Morgan fingerprint density at radius 1 is 1.19 bits per heavy atom. The minimum Gasteiger partial charge on any atom is -0.387 e. The molecule has 0 saturated carbocycles. The van der Waals surface area contributed by atoms with Crippen LogP contribution in [0.25, 0.3) is 0 Å². The molecule has 0 spiro atoms. The Bertz CT molecular complexity index is 910. The molecule has 0 saturated heterocycles. The summed E-state index contributed by atoms with van der Waals surface area (Å²) in [6, 6.07) is 11.8. The van der Waals surface area contributed by atoms with Gasteiger partial charge in [-0.15, -0.1) is 0 Å². The highest BCUT2D eigenvalue weighted by Gasteiger charge is 2.17. The molecular formula is C19H17Cl2FN4S. The maximum Gasteiger partial charge on any atom is 0.197 e. The first-order chi connectivity index (χ1) is 13.0. The zero-order valence-corrected chi connectivity index (χ0v) is 16.8. The Morgan fingerprint density at radius 2 is 1.93 bits per heavy atom. The third-order valence-electron chi connectivity index (χ3n) is 3.66. The first-order valence-corrected chi connectivity index (χ1v) is 9.78. The van der Waals surface area contributed by atoms with Gasteiger partial charge < -0.3 is 10.6 Å². The normalized spacial score (nSPS) is 15.3. The smallest absolute Gasteiger partial charge is 0.197 e. The van der Waals surface area contributed by atoms with Gasteiger partial charge in [0.25, 0.3) is 0 Å². The van der Waals surface area contributed by atoms with E-state index in [1.165, 1.54) is 23.9 Å². The zero-order chi connectivity index (χ0) is 19.2. The van der Waals surface area contributed by atoms with Gasteiger partial charge in [0.1, 0.15) is 5.82 Å². The molecular weight excluding hydrogens is 406 g/mol. The summed E-state index contributed by atoms with van der Waals surface area (Å²) in [6.45, 7) is 2.69. The molecule has 4 nitrogen and oxygen atoms in total. The van der Waals surface area contributed by atoms with Crippen LogP contribution < -0.4 is 10.6 Å². The molecule has 2 N–H and O–H groups in total. The summed E-state index contributed by atoms with van der Waals surface area (Å²) in [7, 11) is 0. The predicted molar refractivity (Wildman–Crippen MR) is 114 cm³/mol. The number of hydrogen-bond donors (Lipinski definition) is 2. The van der Waals surface area contributed by atoms with Gasteiger partial charge in [0.2, 0.25) is 0 Å². The maximum absolute atomic E-state index is 12.9. The monoisotopic (exact) mass is 422 g/mol. The minimum absolute atomic E-state index is 0.217. The molecule has 0 atom stereocenters. The van der Waals surface area contributed by atoms with Crippen LogP contribution in [0, 0.1) is 5.82 Å². The van der Waals surface area contributed by atoms with Crippen LogP contribution in [-0.4, -0.2) is 16.9 Å². The number of benzene rings is 2. The predicted octanol–water partition coefficient (Wildman–Crippen LogP) is 5.70. The highest BCUT2D eigenvalue weighted by atomic mass is 35.5. The average Bonchev–Trinajstić information content (AvgIpc) is 2.61. The Kier molecular flexibility index (Phi) is 6.77. The van der Waals surface area contributed by atoms with Gasteiger partial charge in [-0.25, -0.2) is 9.38 Å². The Hall–Kier alpha value is -2.02. The third-order valence-corrected chi connectivity index (χ3v) is 5.16. The van der Waals surface area contributed by atoms with Crippen LogP contribution in [0.4, 0.5) is 10.1 Å². The van der Waals surface area contributed by atoms with Gasteiger partial charge in [-0.05, 0) is 61.0 Å². The molecule has 0 aromatic heterocycles. The largest absolute Gasteiger partial charge is 0.387 e. The van der Waals surface area contributed by atoms with E-state index in [0.29, 0.717) is 15.2 Å². The van der Waals surface area contributed by atoms with Crippen LogP contribution in [0.2, 0.25) is 10.0 Å². The van der Waals surface area contributed by atoms with Gasteiger partial charge in [0.15, 0.2) is 10.3 Å². The number of halogens is 3. The van der Waals surface area contributed by atoms with Crippen molar-refractivity contribution < 1.29 is 4.39 Å². The summed E-state index contributed by atoms with van der Waals surface area (Å²) in [6.07, 6.45) is 2.55. The van der Waals surface area contributed by atoms with Crippen molar-refractivity contribution in [3.63, 3.8) is 0 Å². The quantitative estimate of drug-likeness (QED) is 0.627. The SMILES string of the molecule is CC(=CN=C1N=C(Nc2ccc(Cl)c(Cl)c2)S1)NCCc1ccc(F)cc1. The number of aliphatic imine (C=N–C) groups is 2. The molecule has 0 radical (unpaired) electrons. The van der Waals surface area contributed by atoms with Crippen molar-refractivity contribution >= 4 is 51.0 Å². The lowest BCUT2D eigenvalue weighted by atomic mass is 10.1. The summed E-state index contributed by atoms with van der Waals surface area (Å²) < 4.78 is 12.9. The van der Waals surface area contributed by atoms with Crippen LogP contribution >= 0.6 is 35.0 Å². The van der Waals surface area contributed by atoms with Crippen molar-refractivity contribution in [3.8, 4) is 0 Å². The van der Waals surface area contributed by atoms with E-state index >= 15 is 0 Å². The Balaban J connectivity index is 1.45. The summed E-state index contributed by atoms with van der Waals surface area (Å²) in [4.78, 5) is 8.63. The zero-order valence-electron chi connectivity index (χ0n) is 14.5. The molecule has 1 heterocycles. The van der Waals surface area contributed by atoms with Gasteiger partial charge in [-0.2, -0.15) is 4.99 Å². The number of allylic oxidation sites excluding steroid dienone is 1. The summed E-state index contributed by atoms with van der Waals surface area (Å²) in [5.41, 5.74) is 2.84. The van der Waals surface area contributed by atoms with E-state index in [4.69, 9.17) is 23.2 Å². The van der Waals surface area contributed by atoms with Crippen molar-refractivity contribution in [3.05, 3.63) is 75.8 Å². The molecule has 2 aromatic carbocycles. The standard InChI is InChI=1S/C19H17Cl2FN4S/c1-12(23-9-8-13-2-4-14(22)5-3-13)11-24-18-26-19(27-18)25-15-6-7-16(20)17(21)10-15/h2-7,10-11,23H,8-9H2,1H3,(H,24,25,26). The molecule has 1 aliphatic heterocycles. The van der Waals surface area contributed by atoms with E-state index in [-0.39, 0.29) is 5.82 Å². The first kappa shape index (κ1) is 19.7. The fourth-order valence-electron chi connectivity index (χ4n) is 2.24. The summed E-state index contributed by atoms with van der Waals surface area (Å²) >= 11 is 13.3. The number of nitrogens with one attached hydrogen (secondary N) is 2. The number of rotatable bonds is 6. The fourth-order valence-corrected chi connectivity index (χ4v) is 3.12. The lowest BCUT2D eigenvalue weighted by Gasteiger charge is -2.16. The Morgan fingerprint density at radius 3 is 2.63 bits per heavy atom. The Labute approximate surface area is 171 Å². The molecule has 2 aromatic rings. The third kappa shape index (κ3) is 5.99. The lowest BCUT2D eigenvalue weighted by molar-refractivity contribution is 0.626. The molecule has 0 bridgehead atoms. The van der Waals surface area contributed by atoms with Crippen LogP contribution in [0.15, 0.2) is 64.3 Å². The van der Waals surface area contributed by atoms with Crippen LogP contribution in [-0.2, 0) is 6.42 Å². The number of hydrogen-bond acceptors (Lipinski definition) is 4. The number of nitrogens with zero attached hydrogens (tertiary/aromatic N) is 2. The van der Waals surface area contributed by atoms with E-state index in [2.05, 4.69) is 20.6 Å². The van der Waals surface area contributed by atoms with Crippen LogP contribution in [0.1, 0.15) is 12.5 Å². The van der Waals surface area contributed by atoms with Gasteiger partial charge in [0.05, 0.1) is 10.0 Å². The highest BCUT2D eigenvalue weighted by molar-refractivity contribution is 8.29. The van der Waals surface area contributed by atoms with E-state index in [0.717, 1.165) is 35.1 Å². The van der Waals surface area contributed by atoms with E-state index in [1.54, 1.807) is 30.5 Å². The van der Waals surface area contributed by atoms with Crippen LogP contribution in [0.3, 0.4) is 0 Å². The summed E-state index contributed by atoms with van der Waals surface area (Å²) in [5, 5.41) is 8.85. The molecule has 0 fully saturated rings. The fraction of sp³-hybridized carbons (Fsp3) is 0.158. The molecule has 0 aliphatic carbocycles. The van der Waals surface area contributed by atoms with Crippen molar-refractivity contribution in [1.29, 1.82) is 0 Å². The average molecular weight is 423 g/mol. The lowest BCUT2D eigenvalue weighted by Crippen LogP contribution is -2.19. The molecule has 27 heavy (non-hydrogen) atoms. The van der Waals surface area contributed by atoms with Crippen molar-refractivity contribution in [2.24, 2.45) is 9.98 Å². The van der Waals surface area contributed by atoms with Gasteiger partial charge in [-0.3, -0.25) is 0 Å². The molecule has 0 unspecified atom stereocenters. The molecule has 0 amide bonds. The molecule has 1 aliphatic rings. The maximum atomic E-state index is 12.9. The highest BCUT2D eigenvalue weighted by Crippen LogP contribution is 2.27.